The number of rotatable bonds is 3. The molecule has 3 N–H and O–H groups in total. The third-order valence-corrected chi connectivity index (χ3v) is 3.97. The van der Waals surface area contributed by atoms with Crippen molar-refractivity contribution >= 4 is 5.69 Å². The van der Waals surface area contributed by atoms with Gasteiger partial charge >= 0.3 is 0 Å². The van der Waals surface area contributed by atoms with Crippen LogP contribution in [0.5, 0.6) is 0 Å². The minimum atomic E-state index is 0.373. The fourth-order valence-electron chi connectivity index (χ4n) is 2.79. The van der Waals surface area contributed by atoms with Gasteiger partial charge in [-0.1, -0.05) is 0 Å². The third kappa shape index (κ3) is 2.67. The van der Waals surface area contributed by atoms with E-state index in [9.17, 15) is 0 Å². The van der Waals surface area contributed by atoms with Gasteiger partial charge in [0.25, 0.3) is 0 Å². The van der Waals surface area contributed by atoms with E-state index >= 15 is 0 Å². The van der Waals surface area contributed by atoms with Crippen LogP contribution in [0, 0.1) is 6.92 Å². The van der Waals surface area contributed by atoms with E-state index in [2.05, 4.69) is 21.4 Å². The Bertz CT molecular complexity index is 569. The second kappa shape index (κ2) is 5.63. The summed E-state index contributed by atoms with van der Waals surface area (Å²) in [6.45, 7) is 1.98. The number of hydrogen-bond acceptors (Lipinski definition) is 4. The highest BCUT2D eigenvalue weighted by molar-refractivity contribution is 5.57. The number of pyridine rings is 1. The van der Waals surface area contributed by atoms with Gasteiger partial charge in [-0.05, 0) is 44.7 Å². The molecule has 0 aliphatic heterocycles. The molecular weight excluding hydrogens is 250 g/mol. The third-order valence-electron chi connectivity index (χ3n) is 3.97. The highest BCUT2D eigenvalue weighted by atomic mass is 15.1. The van der Waals surface area contributed by atoms with Crippen LogP contribution in [0.15, 0.2) is 30.7 Å². The number of aromatic nitrogens is 3. The van der Waals surface area contributed by atoms with Crippen LogP contribution in [0.2, 0.25) is 0 Å². The highest BCUT2D eigenvalue weighted by Crippen LogP contribution is 2.24. The van der Waals surface area contributed by atoms with Crippen molar-refractivity contribution in [2.75, 3.05) is 5.32 Å². The lowest BCUT2D eigenvalue weighted by molar-refractivity contribution is 0.411. The Morgan fingerprint density at radius 1 is 1.20 bits per heavy atom. The van der Waals surface area contributed by atoms with Gasteiger partial charge in [0.1, 0.15) is 5.82 Å². The normalized spacial score (nSPS) is 22.7. The summed E-state index contributed by atoms with van der Waals surface area (Å²) in [5, 5.41) is 3.62. The molecular formula is C15H21N5. The van der Waals surface area contributed by atoms with Crippen LogP contribution in [0.3, 0.4) is 0 Å². The van der Waals surface area contributed by atoms with Crippen molar-refractivity contribution < 1.29 is 0 Å². The summed E-state index contributed by atoms with van der Waals surface area (Å²) in [5.41, 5.74) is 7.03. The minimum absolute atomic E-state index is 0.373. The van der Waals surface area contributed by atoms with Gasteiger partial charge in [-0.25, -0.2) is 9.97 Å². The van der Waals surface area contributed by atoms with Crippen molar-refractivity contribution in [2.24, 2.45) is 5.73 Å². The summed E-state index contributed by atoms with van der Waals surface area (Å²) in [4.78, 5) is 8.77. The van der Waals surface area contributed by atoms with E-state index in [-0.39, 0.29) is 0 Å². The number of nitrogens with zero attached hydrogens (tertiary/aromatic N) is 3. The Kier molecular flexibility index (Phi) is 3.69. The van der Waals surface area contributed by atoms with E-state index in [1.807, 2.05) is 30.0 Å². The minimum Gasteiger partial charge on any atom is -0.379 e. The van der Waals surface area contributed by atoms with Crippen LogP contribution in [0.4, 0.5) is 5.69 Å². The lowest BCUT2D eigenvalue weighted by Crippen LogP contribution is -2.33. The second-order valence-electron chi connectivity index (χ2n) is 5.48. The molecule has 0 unspecified atom stereocenters. The average Bonchev–Trinajstić information content (AvgIpc) is 2.88. The lowest BCUT2D eigenvalue weighted by atomic mass is 9.92. The number of imidazole rings is 1. The van der Waals surface area contributed by atoms with Crippen molar-refractivity contribution in [3.63, 3.8) is 0 Å². The molecule has 20 heavy (non-hydrogen) atoms. The van der Waals surface area contributed by atoms with Crippen LogP contribution in [-0.4, -0.2) is 26.6 Å². The Labute approximate surface area is 119 Å². The predicted molar refractivity (Wildman–Crippen MR) is 80.0 cm³/mol. The largest absolute Gasteiger partial charge is 0.379 e. The molecule has 106 valence electrons. The van der Waals surface area contributed by atoms with E-state index in [0.717, 1.165) is 43.0 Å². The first-order valence-corrected chi connectivity index (χ1v) is 7.21. The highest BCUT2D eigenvalue weighted by Gasteiger charge is 2.19. The van der Waals surface area contributed by atoms with Crippen molar-refractivity contribution in [3.05, 3.63) is 36.5 Å². The molecule has 0 bridgehead atoms. The summed E-state index contributed by atoms with van der Waals surface area (Å²) < 4.78 is 2.01. The average molecular weight is 271 g/mol. The van der Waals surface area contributed by atoms with Gasteiger partial charge in [-0.2, -0.15) is 0 Å². The smallest absolute Gasteiger partial charge is 0.161 e. The van der Waals surface area contributed by atoms with Crippen molar-refractivity contribution in [3.8, 4) is 5.82 Å². The van der Waals surface area contributed by atoms with E-state index in [1.165, 1.54) is 0 Å². The van der Waals surface area contributed by atoms with E-state index in [4.69, 9.17) is 5.73 Å². The molecule has 0 spiro atoms. The number of nitrogens with two attached hydrogens (primary N) is 1. The van der Waals surface area contributed by atoms with Crippen LogP contribution in [0.1, 0.15) is 31.5 Å². The summed E-state index contributed by atoms with van der Waals surface area (Å²) in [6, 6.07) is 4.90. The first-order valence-electron chi connectivity index (χ1n) is 7.21. The number of anilines is 1. The summed E-state index contributed by atoms with van der Waals surface area (Å²) in [6.07, 6.45) is 10.00. The van der Waals surface area contributed by atoms with Crippen molar-refractivity contribution in [1.29, 1.82) is 0 Å². The molecule has 2 heterocycles. The van der Waals surface area contributed by atoms with Gasteiger partial charge in [0.15, 0.2) is 5.82 Å². The molecule has 2 aromatic rings. The molecule has 0 amide bonds. The maximum absolute atomic E-state index is 5.96. The predicted octanol–water partition coefficient (Wildman–Crippen LogP) is 2.26. The molecule has 1 fully saturated rings. The van der Waals surface area contributed by atoms with Gasteiger partial charge in [-0.15, -0.1) is 0 Å². The van der Waals surface area contributed by atoms with Crippen LogP contribution in [-0.2, 0) is 0 Å². The Morgan fingerprint density at radius 2 is 2.00 bits per heavy atom. The topological polar surface area (TPSA) is 68.8 Å². The van der Waals surface area contributed by atoms with Crippen molar-refractivity contribution in [1.82, 2.24) is 14.5 Å². The maximum Gasteiger partial charge on any atom is 0.161 e. The first kappa shape index (κ1) is 13.1. The zero-order chi connectivity index (χ0) is 13.9. The van der Waals surface area contributed by atoms with E-state index in [1.54, 1.807) is 6.20 Å². The molecule has 0 aromatic carbocycles. The van der Waals surface area contributed by atoms with Crippen LogP contribution < -0.4 is 11.1 Å². The van der Waals surface area contributed by atoms with Crippen LogP contribution in [0.25, 0.3) is 5.82 Å². The molecule has 0 radical (unpaired) electrons. The summed E-state index contributed by atoms with van der Waals surface area (Å²) >= 11 is 0. The molecule has 1 aliphatic rings. The molecule has 5 nitrogen and oxygen atoms in total. The van der Waals surface area contributed by atoms with Gasteiger partial charge in [0.05, 0.1) is 5.69 Å². The molecule has 3 rings (SSSR count). The van der Waals surface area contributed by atoms with Crippen LogP contribution >= 0.6 is 0 Å². The zero-order valence-corrected chi connectivity index (χ0v) is 11.8. The van der Waals surface area contributed by atoms with Gasteiger partial charge in [-0.3, -0.25) is 4.57 Å². The number of hydrogen-bond donors (Lipinski definition) is 2. The Morgan fingerprint density at radius 3 is 2.70 bits per heavy atom. The SMILES string of the molecule is Cc1nccn1-c1ncccc1NC1CCC(N)CC1. The quantitative estimate of drug-likeness (QED) is 0.898. The standard InChI is InChI=1S/C15H21N5/c1-11-17-9-10-20(11)15-14(3-2-8-18-15)19-13-6-4-12(16)5-7-13/h2-3,8-10,12-13,19H,4-7,16H2,1H3. The lowest BCUT2D eigenvalue weighted by Gasteiger charge is -2.28. The molecule has 1 aliphatic carbocycles. The molecule has 1 saturated carbocycles. The van der Waals surface area contributed by atoms with Crippen molar-refractivity contribution in [2.45, 2.75) is 44.7 Å². The second-order valence-corrected chi connectivity index (χ2v) is 5.48. The van der Waals surface area contributed by atoms with Gasteiger partial charge in [0, 0.05) is 30.7 Å². The fourth-order valence-corrected chi connectivity index (χ4v) is 2.79. The van der Waals surface area contributed by atoms with E-state index in [0.29, 0.717) is 12.1 Å². The number of nitrogens with one attached hydrogen (secondary N) is 1. The monoisotopic (exact) mass is 271 g/mol. The number of aryl methyl sites for hydroxylation is 1. The molecule has 5 heteroatoms. The summed E-state index contributed by atoms with van der Waals surface area (Å²) in [7, 11) is 0. The van der Waals surface area contributed by atoms with Gasteiger partial charge in [0.2, 0.25) is 0 Å². The molecule has 0 atom stereocenters. The Balaban J connectivity index is 1.82. The summed E-state index contributed by atoms with van der Waals surface area (Å²) in [5.74, 6) is 1.86. The first-order chi connectivity index (χ1) is 9.74. The fraction of sp³-hybridized carbons (Fsp3) is 0.467. The molecule has 0 saturated heterocycles. The van der Waals surface area contributed by atoms with Gasteiger partial charge < -0.3 is 11.1 Å². The maximum atomic E-state index is 5.96. The zero-order valence-electron chi connectivity index (χ0n) is 11.8. The Hall–Kier alpha value is -1.88. The molecule has 2 aromatic heterocycles. The van der Waals surface area contributed by atoms with E-state index < -0.39 is 0 Å².